The second kappa shape index (κ2) is 10.5. The molecule has 2 aliphatic heterocycles. The monoisotopic (exact) mass is 569 g/mol. The first-order valence-corrected chi connectivity index (χ1v) is 14.3. The minimum atomic E-state index is -0.534. The summed E-state index contributed by atoms with van der Waals surface area (Å²) in [6, 6.07) is 18.1. The van der Waals surface area contributed by atoms with Crippen molar-refractivity contribution in [2.75, 3.05) is 29.3 Å². The van der Waals surface area contributed by atoms with E-state index in [2.05, 4.69) is 72.5 Å². The van der Waals surface area contributed by atoms with Crippen LogP contribution in [0.25, 0.3) is 5.57 Å². The van der Waals surface area contributed by atoms with Crippen LogP contribution in [0.2, 0.25) is 0 Å². The average Bonchev–Trinajstić information content (AvgIpc) is 3.28. The Hall–Kier alpha value is -3.91. The number of benzene rings is 2. The second-order valence-corrected chi connectivity index (χ2v) is 12.8. The van der Waals surface area contributed by atoms with Crippen LogP contribution in [0, 0.1) is 5.41 Å². The molecule has 5 rings (SSSR count). The van der Waals surface area contributed by atoms with E-state index in [0.29, 0.717) is 16.5 Å². The molecule has 0 aliphatic carbocycles. The van der Waals surface area contributed by atoms with Crippen LogP contribution in [-0.4, -0.2) is 35.7 Å². The smallest absolute Gasteiger partial charge is 0.229 e. The van der Waals surface area contributed by atoms with Gasteiger partial charge in [-0.3, -0.25) is 9.78 Å². The molecule has 214 valence electrons. The summed E-state index contributed by atoms with van der Waals surface area (Å²) >= 11 is 5.96. The summed E-state index contributed by atoms with van der Waals surface area (Å²) < 4.78 is 5.74. The number of aromatic nitrogens is 1. The van der Waals surface area contributed by atoms with Gasteiger partial charge in [0.05, 0.1) is 36.1 Å². The fourth-order valence-electron chi connectivity index (χ4n) is 5.58. The molecule has 2 aromatic carbocycles. The van der Waals surface area contributed by atoms with Gasteiger partial charge in [-0.05, 0) is 80.5 Å². The van der Waals surface area contributed by atoms with Gasteiger partial charge < -0.3 is 25.2 Å². The van der Waals surface area contributed by atoms with E-state index in [1.807, 2.05) is 63.4 Å². The number of allylic oxidation sites excluding steroid dienone is 1. The highest BCUT2D eigenvalue weighted by atomic mass is 32.1. The van der Waals surface area contributed by atoms with Crippen LogP contribution in [-0.2, 0) is 4.79 Å². The van der Waals surface area contributed by atoms with Gasteiger partial charge in [-0.1, -0.05) is 39.0 Å². The third kappa shape index (κ3) is 5.28. The zero-order chi connectivity index (χ0) is 29.7. The second-order valence-electron chi connectivity index (χ2n) is 12.4. The SMILES string of the molecule is COc1cc(N2C(=S)N[C@H](c3ccccn3)[C@H]2c2ccc3c(c2)C(C)=CC(C)(C)N3C)ccc1NC(=O)C(C)(C)C. The Kier molecular flexibility index (Phi) is 7.32. The number of ether oxygens (including phenoxy) is 1. The van der Waals surface area contributed by atoms with Gasteiger partial charge in [0.2, 0.25) is 5.91 Å². The predicted molar refractivity (Wildman–Crippen MR) is 172 cm³/mol. The first-order chi connectivity index (χ1) is 19.3. The van der Waals surface area contributed by atoms with Crippen LogP contribution in [0.3, 0.4) is 0 Å². The van der Waals surface area contributed by atoms with Gasteiger partial charge in [-0.25, -0.2) is 0 Å². The number of hydrogen-bond acceptors (Lipinski definition) is 5. The Bertz CT molecular complexity index is 1530. The third-order valence-electron chi connectivity index (χ3n) is 8.07. The number of thiocarbonyl (C=S) groups is 1. The summed E-state index contributed by atoms with van der Waals surface area (Å²) in [5, 5.41) is 7.15. The number of fused-ring (bicyclic) bond motifs is 1. The first-order valence-electron chi connectivity index (χ1n) is 13.9. The summed E-state index contributed by atoms with van der Waals surface area (Å²) in [5.74, 6) is 0.483. The molecule has 2 N–H and O–H groups in total. The maximum atomic E-state index is 12.7. The van der Waals surface area contributed by atoms with E-state index in [1.54, 1.807) is 7.11 Å². The number of nitrogens with one attached hydrogen (secondary N) is 2. The van der Waals surface area contributed by atoms with Crippen LogP contribution in [0.1, 0.15) is 70.4 Å². The molecule has 1 aromatic heterocycles. The Morgan fingerprint density at radius 2 is 1.88 bits per heavy atom. The van der Waals surface area contributed by atoms with Crippen molar-refractivity contribution >= 4 is 45.9 Å². The molecule has 0 bridgehead atoms. The first kappa shape index (κ1) is 28.6. The molecular weight excluding hydrogens is 530 g/mol. The molecular formula is C33H39N5O2S. The Labute approximate surface area is 248 Å². The zero-order valence-electron chi connectivity index (χ0n) is 25.1. The number of likely N-dealkylation sites (N-methyl/N-ethyl adjacent to an activating group) is 1. The molecule has 41 heavy (non-hydrogen) atoms. The molecule has 0 saturated carbocycles. The lowest BCUT2D eigenvalue weighted by atomic mass is 9.86. The molecule has 7 nitrogen and oxygen atoms in total. The number of hydrogen-bond donors (Lipinski definition) is 2. The molecule has 1 fully saturated rings. The highest BCUT2D eigenvalue weighted by Gasteiger charge is 2.41. The van der Waals surface area contributed by atoms with Crippen LogP contribution in [0.5, 0.6) is 5.75 Å². The van der Waals surface area contributed by atoms with Gasteiger partial charge in [-0.15, -0.1) is 0 Å². The largest absolute Gasteiger partial charge is 0.494 e. The molecule has 2 aliphatic rings. The van der Waals surface area contributed by atoms with Crippen molar-refractivity contribution < 1.29 is 9.53 Å². The summed E-state index contributed by atoms with van der Waals surface area (Å²) in [6.45, 7) is 12.3. The summed E-state index contributed by atoms with van der Waals surface area (Å²) in [5.41, 5.74) is 6.56. The van der Waals surface area contributed by atoms with Crippen molar-refractivity contribution in [2.24, 2.45) is 5.41 Å². The van der Waals surface area contributed by atoms with E-state index in [-0.39, 0.29) is 23.5 Å². The number of nitrogens with zero attached hydrogens (tertiary/aromatic N) is 3. The number of anilines is 3. The lowest BCUT2D eigenvalue weighted by molar-refractivity contribution is -0.123. The summed E-state index contributed by atoms with van der Waals surface area (Å²) in [4.78, 5) is 21.9. The number of methoxy groups -OCH3 is 1. The van der Waals surface area contributed by atoms with Gasteiger partial charge in [-0.2, -0.15) is 0 Å². The van der Waals surface area contributed by atoms with Crippen molar-refractivity contribution in [2.45, 2.75) is 59.2 Å². The van der Waals surface area contributed by atoms with E-state index in [9.17, 15) is 4.79 Å². The van der Waals surface area contributed by atoms with E-state index in [4.69, 9.17) is 21.9 Å². The molecule has 3 aromatic rings. The van der Waals surface area contributed by atoms with E-state index >= 15 is 0 Å². The van der Waals surface area contributed by atoms with Gasteiger partial charge in [0.1, 0.15) is 5.75 Å². The number of amides is 1. The number of rotatable bonds is 5. The van der Waals surface area contributed by atoms with Gasteiger partial charge in [0.25, 0.3) is 0 Å². The third-order valence-corrected chi connectivity index (χ3v) is 8.39. The van der Waals surface area contributed by atoms with E-state index in [1.165, 1.54) is 16.8 Å². The normalized spacial score (nSPS) is 19.8. The molecule has 0 spiro atoms. The van der Waals surface area contributed by atoms with Crippen LogP contribution >= 0.6 is 12.2 Å². The standard InChI is InChI=1S/C33H39N5O2S/c1-20-19-33(5,6)37(7)26-15-12-21(17-23(20)26)29-28(25-11-9-10-16-34-25)36-31(41)38(29)22-13-14-24(27(18-22)40-8)35-30(39)32(2,3)4/h9-19,28-29H,1-8H3,(H,35,39)(H,36,41)/t28-,29-/m1/s1. The molecule has 0 radical (unpaired) electrons. The number of carbonyl (C=O) groups excluding carboxylic acids is 1. The fraction of sp³-hybridized carbons (Fsp3) is 0.364. The highest BCUT2D eigenvalue weighted by Crippen LogP contribution is 2.46. The lowest BCUT2D eigenvalue weighted by Gasteiger charge is -2.41. The topological polar surface area (TPSA) is 69.7 Å². The van der Waals surface area contributed by atoms with Crippen molar-refractivity contribution in [1.82, 2.24) is 10.3 Å². The Morgan fingerprint density at radius 1 is 1.12 bits per heavy atom. The molecule has 3 heterocycles. The van der Waals surface area contributed by atoms with Crippen molar-refractivity contribution in [3.63, 3.8) is 0 Å². The van der Waals surface area contributed by atoms with E-state index in [0.717, 1.165) is 16.9 Å². The number of pyridine rings is 1. The minimum Gasteiger partial charge on any atom is -0.494 e. The van der Waals surface area contributed by atoms with Gasteiger partial charge >= 0.3 is 0 Å². The van der Waals surface area contributed by atoms with Crippen molar-refractivity contribution in [3.05, 3.63) is 83.7 Å². The molecule has 0 unspecified atom stereocenters. The van der Waals surface area contributed by atoms with Crippen molar-refractivity contribution in [3.8, 4) is 5.75 Å². The van der Waals surface area contributed by atoms with Crippen LogP contribution in [0.15, 0.2) is 66.9 Å². The molecule has 1 amide bonds. The molecule has 1 saturated heterocycles. The molecule has 2 atom stereocenters. The molecule has 8 heteroatoms. The average molecular weight is 570 g/mol. The maximum Gasteiger partial charge on any atom is 0.229 e. The zero-order valence-corrected chi connectivity index (χ0v) is 25.9. The lowest BCUT2D eigenvalue weighted by Crippen LogP contribution is -2.42. The Balaban J connectivity index is 1.61. The van der Waals surface area contributed by atoms with Crippen LogP contribution in [0.4, 0.5) is 17.1 Å². The van der Waals surface area contributed by atoms with Crippen LogP contribution < -0.4 is 25.2 Å². The highest BCUT2D eigenvalue weighted by molar-refractivity contribution is 7.80. The quantitative estimate of drug-likeness (QED) is 0.325. The van der Waals surface area contributed by atoms with E-state index < -0.39 is 5.41 Å². The summed E-state index contributed by atoms with van der Waals surface area (Å²) in [6.07, 6.45) is 4.13. The van der Waals surface area contributed by atoms with Gasteiger partial charge in [0.15, 0.2) is 5.11 Å². The maximum absolute atomic E-state index is 12.7. The van der Waals surface area contributed by atoms with Gasteiger partial charge in [0, 0.05) is 41.7 Å². The Morgan fingerprint density at radius 3 is 2.54 bits per heavy atom. The fourth-order valence-corrected chi connectivity index (χ4v) is 5.92. The van der Waals surface area contributed by atoms with Crippen molar-refractivity contribution in [1.29, 1.82) is 0 Å². The summed E-state index contributed by atoms with van der Waals surface area (Å²) in [7, 11) is 3.75. The number of carbonyl (C=O) groups is 1. The predicted octanol–water partition coefficient (Wildman–Crippen LogP) is 6.88. The minimum absolute atomic E-state index is 0.0711.